The van der Waals surface area contributed by atoms with Crippen LogP contribution in [0.2, 0.25) is 0 Å². The molecule has 1 aliphatic heterocycles. The minimum atomic E-state index is -0.635. The Bertz CT molecular complexity index is 854. The molecule has 4 amide bonds. The number of nitrogens with zero attached hydrogens (tertiary/aromatic N) is 2. The Morgan fingerprint density at radius 2 is 1.78 bits per heavy atom. The molecule has 1 saturated heterocycles. The van der Waals surface area contributed by atoms with Crippen LogP contribution in [0.3, 0.4) is 0 Å². The summed E-state index contributed by atoms with van der Waals surface area (Å²) >= 11 is 3.32. The van der Waals surface area contributed by atoms with E-state index in [9.17, 15) is 14.4 Å². The first-order chi connectivity index (χ1) is 17.5. The molecule has 10 nitrogen and oxygen atoms in total. The Morgan fingerprint density at radius 1 is 1.11 bits per heavy atom. The number of hydrogen-bond acceptors (Lipinski definition) is 8. The normalized spacial score (nSPS) is 19.8. The summed E-state index contributed by atoms with van der Waals surface area (Å²) in [5.41, 5.74) is 1.69. The van der Waals surface area contributed by atoms with Gasteiger partial charge in [-0.1, -0.05) is 27.7 Å². The van der Waals surface area contributed by atoms with Gasteiger partial charge in [0.15, 0.2) is 0 Å². The number of rotatable bonds is 13. The van der Waals surface area contributed by atoms with E-state index in [1.807, 2.05) is 39.5 Å². The first-order valence-electron chi connectivity index (χ1n) is 13.0. The van der Waals surface area contributed by atoms with Crippen molar-refractivity contribution in [1.82, 2.24) is 31.2 Å². The molecule has 0 aromatic carbocycles. The van der Waals surface area contributed by atoms with E-state index in [2.05, 4.69) is 40.1 Å². The maximum atomic E-state index is 13.0. The van der Waals surface area contributed by atoms with Gasteiger partial charge in [-0.05, 0) is 38.5 Å². The molecule has 5 atom stereocenters. The highest BCUT2D eigenvalue weighted by molar-refractivity contribution is 8.00. The Morgan fingerprint density at radius 3 is 2.35 bits per heavy atom. The Hall–Kier alpha value is -2.05. The highest BCUT2D eigenvalue weighted by atomic mass is 32.2. The van der Waals surface area contributed by atoms with E-state index in [-0.39, 0.29) is 42.6 Å². The molecule has 210 valence electrons. The van der Waals surface area contributed by atoms with Gasteiger partial charge in [-0.2, -0.15) is 0 Å². The molecule has 2 rings (SSSR count). The summed E-state index contributed by atoms with van der Waals surface area (Å²) in [5, 5.41) is 12.7. The first kappa shape index (κ1) is 31.2. The van der Waals surface area contributed by atoms with E-state index in [4.69, 9.17) is 4.74 Å². The van der Waals surface area contributed by atoms with E-state index in [1.54, 1.807) is 23.7 Å². The summed E-state index contributed by atoms with van der Waals surface area (Å²) in [4.78, 5) is 44.3. The second-order valence-electron chi connectivity index (χ2n) is 10.5. The summed E-state index contributed by atoms with van der Waals surface area (Å²) in [5.74, 6) is 1.22. The van der Waals surface area contributed by atoms with Gasteiger partial charge in [-0.25, -0.2) is 9.59 Å². The summed E-state index contributed by atoms with van der Waals surface area (Å²) in [6.45, 7) is 12.8. The average molecular weight is 557 g/mol. The second-order valence-corrected chi connectivity index (χ2v) is 12.6. The van der Waals surface area contributed by atoms with Gasteiger partial charge < -0.3 is 25.6 Å². The molecular weight excluding hydrogens is 512 g/mol. The number of thiazole rings is 1. The van der Waals surface area contributed by atoms with Crippen LogP contribution < -0.4 is 21.3 Å². The Balaban J connectivity index is 1.72. The van der Waals surface area contributed by atoms with Gasteiger partial charge in [-0.3, -0.25) is 15.1 Å². The second kappa shape index (κ2) is 15.4. The first-order valence-corrected chi connectivity index (χ1v) is 14.9. The summed E-state index contributed by atoms with van der Waals surface area (Å²) in [6, 6.07) is -0.881. The number of hydrogen-bond donors (Lipinski definition) is 4. The number of urea groups is 1. The predicted molar refractivity (Wildman–Crippen MR) is 150 cm³/mol. The smallest absolute Gasteiger partial charge is 0.407 e. The Kier molecular flexibility index (Phi) is 13.0. The van der Waals surface area contributed by atoms with Gasteiger partial charge in [0.2, 0.25) is 5.91 Å². The molecule has 0 spiro atoms. The van der Waals surface area contributed by atoms with Crippen LogP contribution in [0.1, 0.15) is 59.3 Å². The van der Waals surface area contributed by atoms with Crippen LogP contribution >= 0.6 is 23.1 Å². The molecule has 37 heavy (non-hydrogen) atoms. The third-order valence-electron chi connectivity index (χ3n) is 6.17. The van der Waals surface area contributed by atoms with Crippen LogP contribution in [0.25, 0.3) is 0 Å². The van der Waals surface area contributed by atoms with Crippen molar-refractivity contribution in [2.24, 2.45) is 11.8 Å². The molecule has 0 radical (unpaired) electrons. The van der Waals surface area contributed by atoms with Crippen LogP contribution in [-0.4, -0.2) is 76.8 Å². The summed E-state index contributed by atoms with van der Waals surface area (Å²) < 4.78 is 5.20. The molecule has 0 saturated carbocycles. The third-order valence-corrected chi connectivity index (χ3v) is 8.55. The largest absolute Gasteiger partial charge is 0.444 e. The van der Waals surface area contributed by atoms with E-state index < -0.39 is 12.1 Å². The van der Waals surface area contributed by atoms with Crippen molar-refractivity contribution in [2.45, 2.75) is 90.5 Å². The van der Waals surface area contributed by atoms with Gasteiger partial charge >= 0.3 is 12.1 Å². The minimum Gasteiger partial charge on any atom is -0.444 e. The van der Waals surface area contributed by atoms with E-state index in [1.165, 1.54) is 11.3 Å². The molecule has 0 bridgehead atoms. The highest BCUT2D eigenvalue weighted by Gasteiger charge is 2.30. The van der Waals surface area contributed by atoms with Gasteiger partial charge in [0.25, 0.3) is 0 Å². The van der Waals surface area contributed by atoms with E-state index in [0.717, 1.165) is 10.6 Å². The average Bonchev–Trinajstić information content (AvgIpc) is 3.51. The standard InChI is InChI=1S/C25H44N6O4S2/c1-15(2)21(30-24(33)31(7)11-19-13-36-23(29-19)16(3)4)22(32)27-17(5)8-9-18(6)28-25(34)35-12-20-10-26-14-37-20/h10,14-19,21,23,29H,8-9,11-13H2,1-7H3,(H,27,32)(H,28,34)(H,30,33). The number of alkyl carbamates (subject to hydrolysis) is 1. The fraction of sp³-hybridized carbons (Fsp3) is 0.760. The molecule has 5 unspecified atom stereocenters. The van der Waals surface area contributed by atoms with Crippen LogP contribution in [0.15, 0.2) is 11.7 Å². The van der Waals surface area contributed by atoms with Gasteiger partial charge in [0.05, 0.1) is 15.8 Å². The lowest BCUT2D eigenvalue weighted by molar-refractivity contribution is -0.124. The molecule has 12 heteroatoms. The fourth-order valence-electron chi connectivity index (χ4n) is 3.90. The molecule has 1 fully saturated rings. The zero-order chi connectivity index (χ0) is 27.5. The van der Waals surface area contributed by atoms with Crippen molar-refractivity contribution in [3.63, 3.8) is 0 Å². The van der Waals surface area contributed by atoms with Crippen molar-refractivity contribution < 1.29 is 19.1 Å². The number of thioether (sulfide) groups is 1. The number of ether oxygens (including phenoxy) is 1. The number of nitrogens with one attached hydrogen (secondary N) is 4. The van der Waals surface area contributed by atoms with Crippen molar-refractivity contribution >= 4 is 41.1 Å². The quantitative estimate of drug-likeness (QED) is 0.294. The lowest BCUT2D eigenvalue weighted by Crippen LogP contribution is -2.55. The molecule has 2 heterocycles. The molecule has 1 aliphatic rings. The topological polar surface area (TPSA) is 125 Å². The highest BCUT2D eigenvalue weighted by Crippen LogP contribution is 2.25. The minimum absolute atomic E-state index is 0.0658. The van der Waals surface area contributed by atoms with Gasteiger partial charge in [-0.15, -0.1) is 23.1 Å². The van der Waals surface area contributed by atoms with Crippen molar-refractivity contribution in [1.29, 1.82) is 0 Å². The van der Waals surface area contributed by atoms with Gasteiger partial charge in [0, 0.05) is 43.7 Å². The summed E-state index contributed by atoms with van der Waals surface area (Å²) in [6.07, 6.45) is 2.53. The summed E-state index contributed by atoms with van der Waals surface area (Å²) in [7, 11) is 1.76. The maximum Gasteiger partial charge on any atom is 0.407 e. The molecule has 0 aliphatic carbocycles. The molecular formula is C25H44N6O4S2. The molecule has 1 aromatic heterocycles. The van der Waals surface area contributed by atoms with E-state index >= 15 is 0 Å². The number of likely N-dealkylation sites (N-methyl/N-ethyl adjacent to an activating group) is 1. The number of amides is 4. The maximum absolute atomic E-state index is 13.0. The van der Waals surface area contributed by atoms with Crippen LogP contribution in [-0.2, 0) is 16.1 Å². The van der Waals surface area contributed by atoms with Gasteiger partial charge in [0.1, 0.15) is 12.6 Å². The fourth-order valence-corrected chi connectivity index (χ4v) is 5.72. The zero-order valence-electron chi connectivity index (χ0n) is 23.1. The monoisotopic (exact) mass is 556 g/mol. The van der Waals surface area contributed by atoms with Crippen molar-refractivity contribution in [3.8, 4) is 0 Å². The number of carbonyl (C=O) groups excluding carboxylic acids is 3. The molecule has 4 N–H and O–H groups in total. The van der Waals surface area contributed by atoms with Crippen LogP contribution in [0.4, 0.5) is 9.59 Å². The lowest BCUT2D eigenvalue weighted by Gasteiger charge is -2.28. The zero-order valence-corrected chi connectivity index (χ0v) is 24.7. The Labute approximate surface area is 229 Å². The van der Waals surface area contributed by atoms with E-state index in [0.29, 0.717) is 30.7 Å². The predicted octanol–water partition coefficient (Wildman–Crippen LogP) is 3.40. The van der Waals surface area contributed by atoms with Crippen molar-refractivity contribution in [3.05, 3.63) is 16.6 Å². The number of carbonyl (C=O) groups is 3. The molecule has 1 aromatic rings. The third kappa shape index (κ3) is 11.1. The van der Waals surface area contributed by atoms with Crippen molar-refractivity contribution in [2.75, 3.05) is 19.3 Å². The van der Waals surface area contributed by atoms with Crippen LogP contribution in [0.5, 0.6) is 0 Å². The SMILES string of the molecule is CC(CCC(C)NC(=O)C(NC(=O)N(C)CC1CSC(C(C)C)N1)C(C)C)NC(=O)OCc1cncs1. The number of aromatic nitrogens is 1. The van der Waals surface area contributed by atoms with Crippen LogP contribution in [0, 0.1) is 11.8 Å². The lowest BCUT2D eigenvalue weighted by atomic mass is 10.0.